The molecule has 76 heavy (non-hydrogen) atoms. The van der Waals surface area contributed by atoms with E-state index in [0.29, 0.717) is 16.8 Å². The number of ketones is 2. The summed E-state index contributed by atoms with van der Waals surface area (Å²) < 4.78 is 296. The predicted octanol–water partition coefficient (Wildman–Crippen LogP) is 9.98. The van der Waals surface area contributed by atoms with Crippen LogP contribution in [-0.2, 0) is 13.0 Å². The molecule has 0 aliphatic heterocycles. The van der Waals surface area contributed by atoms with Gasteiger partial charge in [-0.15, -0.1) is 21.9 Å². The maximum atomic E-state index is 15.4. The number of Topliss-reactive ketones (excluding diaryl/α,β-unsaturated/α-hetero) is 2. The van der Waals surface area contributed by atoms with Crippen molar-refractivity contribution < 1.29 is 112 Å². The summed E-state index contributed by atoms with van der Waals surface area (Å²) in [6, 6.07) is 24.7. The van der Waals surface area contributed by atoms with Gasteiger partial charge in [0.05, 0.1) is 12.0 Å². The number of halogens is 20. The zero-order valence-electron chi connectivity index (χ0n) is 36.8. The topological polar surface area (TPSA) is 75.3 Å². The third-order valence-corrected chi connectivity index (χ3v) is 11.9. The van der Waals surface area contributed by atoms with Crippen molar-refractivity contribution in [2.45, 2.75) is 13.0 Å². The second kappa shape index (κ2) is 21.0. The number of hydrogen-bond acceptors (Lipinski definition) is 3. The molecular formula is C50H20BF20NO4. The molecule has 26 heteroatoms. The van der Waals surface area contributed by atoms with Crippen molar-refractivity contribution >= 4 is 56.3 Å². The Morgan fingerprint density at radius 3 is 1.08 bits per heavy atom. The van der Waals surface area contributed by atoms with Crippen molar-refractivity contribution in [1.29, 1.82) is 0 Å². The first-order valence-corrected chi connectivity index (χ1v) is 20.8. The summed E-state index contributed by atoms with van der Waals surface area (Å²) in [5.41, 5.74) is -12.6. The number of fused-ring (bicyclic) bond motifs is 1. The lowest BCUT2D eigenvalue weighted by Crippen LogP contribution is -2.81. The number of hydrogen-bond donors (Lipinski definition) is 1. The smallest absolute Gasteiger partial charge is 0.335 e. The summed E-state index contributed by atoms with van der Waals surface area (Å²) in [5, 5.41) is 11.1. The lowest BCUT2D eigenvalue weighted by Gasteiger charge is -2.44. The highest BCUT2D eigenvalue weighted by Gasteiger charge is 2.52. The zero-order valence-corrected chi connectivity index (χ0v) is 36.8. The van der Waals surface area contributed by atoms with Gasteiger partial charge in [-0.05, 0) is 23.6 Å². The third-order valence-electron chi connectivity index (χ3n) is 11.9. The minimum atomic E-state index is -7.22. The quantitative estimate of drug-likeness (QED) is 0.0350. The number of nitrogens with zero attached hydrogens (tertiary/aromatic N) is 1. The van der Waals surface area contributed by atoms with Crippen LogP contribution < -0.4 is 26.4 Å². The summed E-state index contributed by atoms with van der Waals surface area (Å²) in [5.74, 6) is -72.7. The van der Waals surface area contributed by atoms with Crippen LogP contribution in [0.2, 0.25) is 0 Å². The van der Waals surface area contributed by atoms with E-state index in [2.05, 4.69) is 0 Å². The summed E-state index contributed by atoms with van der Waals surface area (Å²) in [6.45, 7) is 0.104. The SMILES string of the molecule is Fc1c(F)c(F)c([B-](c2c(F)c(F)c(F)c(F)c2F)(c2c(F)c(F)c(F)c(F)c2F)c2c(F)c(F)c(F)c(F)c2F)c(F)c1F.O=C(O)c1cccc(C(=O)Cc2c3ccccc3cc[n+]2CC(=O)c2ccccc2)c1. The molecular weight excluding hydrogens is 1070 g/mol. The summed E-state index contributed by atoms with van der Waals surface area (Å²) in [6.07, 6.45) is -5.35. The number of carbonyl (C=O) groups is 3. The Kier molecular flexibility index (Phi) is 15.2. The van der Waals surface area contributed by atoms with E-state index < -0.39 is 150 Å². The van der Waals surface area contributed by atoms with Crippen molar-refractivity contribution in [1.82, 2.24) is 0 Å². The van der Waals surface area contributed by atoms with Crippen LogP contribution in [0.25, 0.3) is 10.8 Å². The van der Waals surface area contributed by atoms with Gasteiger partial charge in [0.15, 0.2) is 87.5 Å². The lowest BCUT2D eigenvalue weighted by molar-refractivity contribution is -0.688. The van der Waals surface area contributed by atoms with Crippen molar-refractivity contribution in [3.05, 3.63) is 230 Å². The number of pyridine rings is 1. The molecule has 8 rings (SSSR count). The molecule has 0 aliphatic rings. The van der Waals surface area contributed by atoms with Crippen LogP contribution >= 0.6 is 0 Å². The molecule has 1 aromatic heterocycles. The largest absolute Gasteiger partial charge is 0.478 e. The minimum Gasteiger partial charge on any atom is -0.478 e. The summed E-state index contributed by atoms with van der Waals surface area (Å²) >= 11 is 0. The Morgan fingerprint density at radius 2 is 0.697 bits per heavy atom. The molecule has 5 nitrogen and oxygen atoms in total. The number of carbonyl (C=O) groups excluding carboxylic acids is 2. The second-order valence-corrected chi connectivity index (χ2v) is 16.1. The van der Waals surface area contributed by atoms with Crippen molar-refractivity contribution in [2.75, 3.05) is 0 Å². The standard InChI is InChI=1S/C26H19NO4.C24BF20/c28-24(20-10-6-11-21(15-20)26(30)31)16-23-22-12-5-4-7-18(22)13-14-27(23)17-25(29)19-8-2-1-3-9-19;26-5-1(6(27)14(35)21(42)13(5)34)25(2-7(28)15(36)22(43)16(37)8(2)29,3-9(30)17(38)23(44)18(39)10(3)31)4-11(32)19(40)24(45)20(41)12(4)33/h1-15H,16-17H2;/q;-1/p+1. The molecule has 0 fully saturated rings. The molecule has 1 N–H and O–H groups in total. The van der Waals surface area contributed by atoms with Crippen molar-refractivity contribution in [3.63, 3.8) is 0 Å². The summed E-state index contributed by atoms with van der Waals surface area (Å²) in [4.78, 5) is 37.1. The van der Waals surface area contributed by atoms with E-state index in [1.54, 1.807) is 28.8 Å². The molecule has 0 aliphatic carbocycles. The first-order chi connectivity index (χ1) is 35.7. The van der Waals surface area contributed by atoms with Crippen LogP contribution in [0.4, 0.5) is 87.8 Å². The number of rotatable bonds is 11. The van der Waals surface area contributed by atoms with E-state index in [-0.39, 0.29) is 30.1 Å². The minimum absolute atomic E-state index is 0.0481. The Morgan fingerprint density at radius 1 is 0.368 bits per heavy atom. The Hall–Kier alpha value is -8.58. The molecule has 0 unspecified atom stereocenters. The zero-order chi connectivity index (χ0) is 56.2. The number of aromatic nitrogens is 1. The van der Waals surface area contributed by atoms with Gasteiger partial charge in [-0.1, -0.05) is 60.7 Å². The Balaban J connectivity index is 0.000000236. The number of benzene rings is 7. The molecule has 0 saturated carbocycles. The molecule has 8 aromatic rings. The monoisotopic (exact) mass is 1090 g/mol. The van der Waals surface area contributed by atoms with Gasteiger partial charge < -0.3 is 5.11 Å². The number of carboxylic acids is 1. The van der Waals surface area contributed by atoms with Gasteiger partial charge in [0.1, 0.15) is 52.7 Å². The van der Waals surface area contributed by atoms with Gasteiger partial charge in [-0.2, -0.15) is 4.57 Å². The average molecular weight is 1090 g/mol. The normalized spacial score (nSPS) is 11.5. The Labute approximate surface area is 410 Å². The van der Waals surface area contributed by atoms with Gasteiger partial charge in [0, 0.05) is 22.6 Å². The van der Waals surface area contributed by atoms with Crippen LogP contribution in [-0.4, -0.2) is 28.8 Å². The molecule has 0 bridgehead atoms. The molecule has 0 atom stereocenters. The Bertz CT molecular complexity index is 3370. The maximum absolute atomic E-state index is 15.4. The highest BCUT2D eigenvalue weighted by atomic mass is 19.2. The highest BCUT2D eigenvalue weighted by molar-refractivity contribution is 7.20. The number of aromatic carboxylic acids is 1. The van der Waals surface area contributed by atoms with Crippen molar-refractivity contribution in [3.8, 4) is 0 Å². The lowest BCUT2D eigenvalue weighted by atomic mass is 9.12. The van der Waals surface area contributed by atoms with E-state index >= 15 is 35.1 Å². The molecule has 392 valence electrons. The van der Waals surface area contributed by atoms with E-state index in [1.807, 2.05) is 54.7 Å². The average Bonchev–Trinajstić information content (AvgIpc) is 3.41. The van der Waals surface area contributed by atoms with E-state index in [4.69, 9.17) is 0 Å². The molecule has 7 aromatic carbocycles. The molecule has 0 radical (unpaired) electrons. The first-order valence-electron chi connectivity index (χ1n) is 20.8. The second-order valence-electron chi connectivity index (χ2n) is 16.1. The predicted molar refractivity (Wildman–Crippen MR) is 226 cm³/mol. The van der Waals surface area contributed by atoms with Crippen LogP contribution in [0.5, 0.6) is 0 Å². The summed E-state index contributed by atoms with van der Waals surface area (Å²) in [7, 11) is 0. The van der Waals surface area contributed by atoms with Crippen LogP contribution in [0.1, 0.15) is 36.8 Å². The molecule has 1 heterocycles. The third kappa shape index (κ3) is 9.03. The van der Waals surface area contributed by atoms with Crippen LogP contribution in [0.3, 0.4) is 0 Å². The molecule has 0 amide bonds. The van der Waals surface area contributed by atoms with E-state index in [1.165, 1.54) is 12.1 Å². The van der Waals surface area contributed by atoms with Gasteiger partial charge in [-0.3, -0.25) is 9.59 Å². The fourth-order valence-corrected chi connectivity index (χ4v) is 8.49. The van der Waals surface area contributed by atoms with E-state index in [9.17, 15) is 72.2 Å². The van der Waals surface area contributed by atoms with Gasteiger partial charge in [-0.25, -0.2) is 92.6 Å². The van der Waals surface area contributed by atoms with Crippen LogP contribution in [0, 0.1) is 116 Å². The van der Waals surface area contributed by atoms with Gasteiger partial charge in [0.25, 0.3) is 0 Å². The van der Waals surface area contributed by atoms with Gasteiger partial charge >= 0.3 is 5.97 Å². The molecule has 0 saturated heterocycles. The van der Waals surface area contributed by atoms with E-state index in [0.717, 1.165) is 10.8 Å². The van der Waals surface area contributed by atoms with Crippen molar-refractivity contribution in [2.24, 2.45) is 0 Å². The fraction of sp³-hybridized carbons (Fsp3) is 0.0400. The first kappa shape index (κ1) is 55.2. The van der Waals surface area contributed by atoms with Gasteiger partial charge in [0.2, 0.25) is 12.3 Å². The maximum Gasteiger partial charge on any atom is 0.335 e. The molecule has 0 spiro atoms. The highest BCUT2D eigenvalue weighted by Crippen LogP contribution is 2.31. The number of carboxylic acid groups (broad SMARTS) is 1. The van der Waals surface area contributed by atoms with Crippen LogP contribution in [0.15, 0.2) is 91.1 Å². The fourth-order valence-electron chi connectivity index (χ4n) is 8.49.